The number of hydrogen-bond acceptors (Lipinski definition) is 3. The quantitative estimate of drug-likeness (QED) is 0.786. The van der Waals surface area contributed by atoms with Gasteiger partial charge in [0, 0.05) is 42.0 Å². The van der Waals surface area contributed by atoms with E-state index in [0.717, 1.165) is 36.5 Å². The fourth-order valence-electron chi connectivity index (χ4n) is 1.49. The molecule has 0 aliphatic rings. The highest BCUT2D eigenvalue weighted by Gasteiger charge is 2.09. The van der Waals surface area contributed by atoms with Crippen LogP contribution in [0, 0.1) is 6.92 Å². The van der Waals surface area contributed by atoms with Crippen molar-refractivity contribution in [2.24, 2.45) is 7.05 Å². The third kappa shape index (κ3) is 3.88. The Hall–Kier alpha value is -0.390. The second-order valence-corrected chi connectivity index (χ2v) is 5.70. The van der Waals surface area contributed by atoms with Gasteiger partial charge in [0.2, 0.25) is 0 Å². The Morgan fingerprint density at radius 1 is 1.56 bits per heavy atom. The molecule has 0 bridgehead atoms. The van der Waals surface area contributed by atoms with Gasteiger partial charge in [-0.25, -0.2) is 0 Å². The molecule has 6 heteroatoms. The SMILES string of the molecule is Cc1nn(C)c(Cl)c1CNCCCS(C)=O. The van der Waals surface area contributed by atoms with Gasteiger partial charge in [0.05, 0.1) is 5.69 Å². The van der Waals surface area contributed by atoms with E-state index < -0.39 is 10.8 Å². The summed E-state index contributed by atoms with van der Waals surface area (Å²) in [6.45, 7) is 3.52. The first-order valence-electron chi connectivity index (χ1n) is 5.21. The first kappa shape index (κ1) is 13.7. The molecule has 1 unspecified atom stereocenters. The lowest BCUT2D eigenvalue weighted by Crippen LogP contribution is -2.17. The lowest BCUT2D eigenvalue weighted by Gasteiger charge is -2.03. The first-order chi connectivity index (χ1) is 7.52. The van der Waals surface area contributed by atoms with Gasteiger partial charge in [-0.3, -0.25) is 8.89 Å². The minimum absolute atomic E-state index is 0.684. The molecule has 0 amide bonds. The van der Waals surface area contributed by atoms with Crippen molar-refractivity contribution in [1.82, 2.24) is 15.1 Å². The Kier molecular flexibility index (Phi) is 5.44. The summed E-state index contributed by atoms with van der Waals surface area (Å²) in [6, 6.07) is 0. The summed E-state index contributed by atoms with van der Waals surface area (Å²) in [5.74, 6) is 0.743. The molecule has 1 heterocycles. The third-order valence-electron chi connectivity index (χ3n) is 2.36. The van der Waals surface area contributed by atoms with E-state index >= 15 is 0 Å². The van der Waals surface area contributed by atoms with E-state index in [4.69, 9.17) is 11.6 Å². The summed E-state index contributed by atoms with van der Waals surface area (Å²) in [5, 5.41) is 8.20. The zero-order valence-corrected chi connectivity index (χ0v) is 11.5. The summed E-state index contributed by atoms with van der Waals surface area (Å²) in [7, 11) is 1.13. The fourth-order valence-corrected chi connectivity index (χ4v) is 2.28. The number of aryl methyl sites for hydroxylation is 2. The number of rotatable bonds is 6. The van der Waals surface area contributed by atoms with Crippen molar-refractivity contribution >= 4 is 22.4 Å². The molecule has 1 aromatic heterocycles. The van der Waals surface area contributed by atoms with Crippen LogP contribution in [0.15, 0.2) is 0 Å². The molecule has 0 fully saturated rings. The Morgan fingerprint density at radius 2 is 2.25 bits per heavy atom. The first-order valence-corrected chi connectivity index (χ1v) is 7.31. The normalized spacial score (nSPS) is 13.0. The van der Waals surface area contributed by atoms with E-state index in [9.17, 15) is 4.21 Å². The molecule has 0 aliphatic heterocycles. The molecule has 4 nitrogen and oxygen atoms in total. The van der Waals surface area contributed by atoms with Crippen molar-refractivity contribution in [3.8, 4) is 0 Å². The third-order valence-corrected chi connectivity index (χ3v) is 3.69. The summed E-state index contributed by atoms with van der Waals surface area (Å²) in [6.07, 6.45) is 2.64. The van der Waals surface area contributed by atoms with Crippen LogP contribution < -0.4 is 5.32 Å². The van der Waals surface area contributed by atoms with E-state index in [1.807, 2.05) is 14.0 Å². The molecule has 0 radical (unpaired) electrons. The van der Waals surface area contributed by atoms with Gasteiger partial charge in [0.15, 0.2) is 0 Å². The largest absolute Gasteiger partial charge is 0.312 e. The summed E-state index contributed by atoms with van der Waals surface area (Å²) < 4.78 is 12.5. The molecule has 1 N–H and O–H groups in total. The molecule has 0 spiro atoms. The highest BCUT2D eigenvalue weighted by Crippen LogP contribution is 2.17. The Morgan fingerprint density at radius 3 is 2.75 bits per heavy atom. The number of aromatic nitrogens is 2. The minimum atomic E-state index is -0.701. The lowest BCUT2D eigenvalue weighted by atomic mass is 10.2. The van der Waals surface area contributed by atoms with Crippen LogP contribution in [-0.4, -0.2) is 32.5 Å². The second-order valence-electron chi connectivity index (χ2n) is 3.79. The molecule has 1 aromatic rings. The molecule has 16 heavy (non-hydrogen) atoms. The van der Waals surface area contributed by atoms with Crippen LogP contribution in [0.3, 0.4) is 0 Å². The molecule has 1 rings (SSSR count). The van der Waals surface area contributed by atoms with Gasteiger partial charge < -0.3 is 5.32 Å². The summed E-state index contributed by atoms with van der Waals surface area (Å²) in [5.41, 5.74) is 2.00. The Balaban J connectivity index is 2.34. The zero-order valence-electron chi connectivity index (χ0n) is 9.92. The molecule has 0 aromatic carbocycles. The van der Waals surface area contributed by atoms with Crippen molar-refractivity contribution < 1.29 is 4.21 Å². The van der Waals surface area contributed by atoms with E-state index in [1.165, 1.54) is 0 Å². The van der Waals surface area contributed by atoms with Crippen LogP contribution in [-0.2, 0) is 24.4 Å². The van der Waals surface area contributed by atoms with Crippen LogP contribution >= 0.6 is 11.6 Å². The summed E-state index contributed by atoms with van der Waals surface area (Å²) >= 11 is 6.09. The Bertz CT molecular complexity index is 378. The maximum Gasteiger partial charge on any atom is 0.131 e. The van der Waals surface area contributed by atoms with Gasteiger partial charge in [0.1, 0.15) is 5.15 Å². The predicted octanol–water partition coefficient (Wildman–Crippen LogP) is 1.24. The van der Waals surface area contributed by atoms with Crippen molar-refractivity contribution in [2.45, 2.75) is 19.9 Å². The monoisotopic (exact) mass is 263 g/mol. The topological polar surface area (TPSA) is 46.9 Å². The highest BCUT2D eigenvalue weighted by atomic mass is 35.5. The van der Waals surface area contributed by atoms with Crippen molar-refractivity contribution in [3.63, 3.8) is 0 Å². The van der Waals surface area contributed by atoms with Crippen LogP contribution in [0.25, 0.3) is 0 Å². The second kappa shape index (κ2) is 6.37. The van der Waals surface area contributed by atoms with E-state index in [1.54, 1.807) is 10.9 Å². The molecule has 1 atom stereocenters. The van der Waals surface area contributed by atoms with E-state index in [2.05, 4.69) is 10.4 Å². The van der Waals surface area contributed by atoms with Crippen LogP contribution in [0.4, 0.5) is 0 Å². The number of nitrogens with zero attached hydrogens (tertiary/aromatic N) is 2. The van der Waals surface area contributed by atoms with Crippen LogP contribution in [0.1, 0.15) is 17.7 Å². The standard InChI is InChI=1S/C10H18ClN3OS/c1-8-9(10(11)14(2)13-8)7-12-5-4-6-16(3)15/h12H,4-7H2,1-3H3. The maximum absolute atomic E-state index is 10.8. The molecule has 0 saturated carbocycles. The number of halogens is 1. The minimum Gasteiger partial charge on any atom is -0.312 e. The van der Waals surface area contributed by atoms with Crippen LogP contribution in [0.2, 0.25) is 5.15 Å². The van der Waals surface area contributed by atoms with Gasteiger partial charge in [-0.05, 0) is 19.9 Å². The van der Waals surface area contributed by atoms with Gasteiger partial charge in [-0.2, -0.15) is 5.10 Å². The van der Waals surface area contributed by atoms with E-state index in [0.29, 0.717) is 5.15 Å². The zero-order chi connectivity index (χ0) is 12.1. The van der Waals surface area contributed by atoms with Gasteiger partial charge in [0.25, 0.3) is 0 Å². The predicted molar refractivity (Wildman–Crippen MR) is 68.2 cm³/mol. The average molecular weight is 264 g/mol. The number of nitrogens with one attached hydrogen (secondary N) is 1. The fraction of sp³-hybridized carbons (Fsp3) is 0.700. The summed E-state index contributed by atoms with van der Waals surface area (Å²) in [4.78, 5) is 0. The van der Waals surface area contributed by atoms with E-state index in [-0.39, 0.29) is 0 Å². The number of hydrogen-bond donors (Lipinski definition) is 1. The molecular formula is C10H18ClN3OS. The smallest absolute Gasteiger partial charge is 0.131 e. The molecule has 92 valence electrons. The van der Waals surface area contributed by atoms with Crippen molar-refractivity contribution in [3.05, 3.63) is 16.4 Å². The van der Waals surface area contributed by atoms with Crippen LogP contribution in [0.5, 0.6) is 0 Å². The van der Waals surface area contributed by atoms with Gasteiger partial charge in [-0.1, -0.05) is 11.6 Å². The lowest BCUT2D eigenvalue weighted by molar-refractivity contribution is 0.660. The average Bonchev–Trinajstić information content (AvgIpc) is 2.43. The van der Waals surface area contributed by atoms with Crippen molar-refractivity contribution in [1.29, 1.82) is 0 Å². The van der Waals surface area contributed by atoms with Crippen molar-refractivity contribution in [2.75, 3.05) is 18.6 Å². The molecule has 0 aliphatic carbocycles. The van der Waals surface area contributed by atoms with Gasteiger partial charge in [-0.15, -0.1) is 0 Å². The molecule has 0 saturated heterocycles. The molecular weight excluding hydrogens is 246 g/mol. The highest BCUT2D eigenvalue weighted by molar-refractivity contribution is 7.84. The maximum atomic E-state index is 10.8. The van der Waals surface area contributed by atoms with Gasteiger partial charge >= 0.3 is 0 Å². The Labute approximate surface area is 104 Å².